The normalized spacial score (nSPS) is 13.4. The third kappa shape index (κ3) is 1.91. The number of benzene rings is 1. The van der Waals surface area contributed by atoms with Crippen molar-refractivity contribution in [2.45, 2.75) is 0 Å². The van der Waals surface area contributed by atoms with E-state index >= 15 is 0 Å². The minimum Gasteiger partial charge on any atom is -0.366 e. The Hall–Kier alpha value is -2.49. The number of hydrogen-bond acceptors (Lipinski definition) is 2. The fourth-order valence-corrected chi connectivity index (χ4v) is 2.41. The van der Waals surface area contributed by atoms with Crippen molar-refractivity contribution in [2.24, 2.45) is 5.73 Å². The van der Waals surface area contributed by atoms with Gasteiger partial charge in [0.2, 0.25) is 5.91 Å². The third-order valence-electron chi connectivity index (χ3n) is 3.40. The standard InChI is InChI=1S/C15H15N3O/c1-18-7-3-6-12-13(9-17-15(12)18)10-4-2-5-11(8-10)14(16)19/h2-6,8-9,17H,7H2,1H3,(H2,16,19). The van der Waals surface area contributed by atoms with Crippen LogP contribution in [-0.4, -0.2) is 24.5 Å². The van der Waals surface area contributed by atoms with E-state index in [1.165, 1.54) is 0 Å². The fourth-order valence-electron chi connectivity index (χ4n) is 2.41. The SMILES string of the molecule is CN1CC=Cc2c(-c3cccc(C(N)=O)c3)c[nH]c21. The van der Waals surface area contributed by atoms with E-state index in [1.807, 2.05) is 31.4 Å². The maximum absolute atomic E-state index is 11.3. The highest BCUT2D eigenvalue weighted by Gasteiger charge is 2.16. The molecule has 0 bridgehead atoms. The number of carbonyl (C=O) groups excluding carboxylic acids is 1. The number of fused-ring (bicyclic) bond motifs is 1. The summed E-state index contributed by atoms with van der Waals surface area (Å²) in [6.45, 7) is 0.897. The molecule has 3 rings (SSSR count). The molecule has 2 heterocycles. The quantitative estimate of drug-likeness (QED) is 0.862. The van der Waals surface area contributed by atoms with Crippen molar-refractivity contribution in [3.63, 3.8) is 0 Å². The molecule has 4 heteroatoms. The van der Waals surface area contributed by atoms with Crippen molar-refractivity contribution in [3.05, 3.63) is 47.7 Å². The molecule has 0 saturated heterocycles. The number of H-pyrrole nitrogens is 1. The van der Waals surface area contributed by atoms with Gasteiger partial charge in [0.25, 0.3) is 0 Å². The van der Waals surface area contributed by atoms with E-state index in [9.17, 15) is 4.79 Å². The second-order valence-corrected chi connectivity index (χ2v) is 4.69. The van der Waals surface area contributed by atoms with Crippen LogP contribution in [0.5, 0.6) is 0 Å². The number of nitrogens with one attached hydrogen (secondary N) is 1. The Morgan fingerprint density at radius 2 is 2.26 bits per heavy atom. The Labute approximate surface area is 111 Å². The summed E-state index contributed by atoms with van der Waals surface area (Å²) in [6, 6.07) is 7.39. The number of aromatic nitrogens is 1. The van der Waals surface area contributed by atoms with Gasteiger partial charge in [0.15, 0.2) is 0 Å². The first-order valence-electron chi connectivity index (χ1n) is 6.16. The molecule has 0 atom stereocenters. The number of hydrogen-bond donors (Lipinski definition) is 2. The van der Waals surface area contributed by atoms with Crippen LogP contribution < -0.4 is 10.6 Å². The third-order valence-corrected chi connectivity index (χ3v) is 3.40. The highest BCUT2D eigenvalue weighted by molar-refractivity contribution is 5.95. The van der Waals surface area contributed by atoms with Gasteiger partial charge in [-0.05, 0) is 17.7 Å². The van der Waals surface area contributed by atoms with Crippen molar-refractivity contribution < 1.29 is 4.79 Å². The number of likely N-dealkylation sites (N-methyl/N-ethyl adjacent to an activating group) is 1. The summed E-state index contributed by atoms with van der Waals surface area (Å²) in [5, 5.41) is 0. The van der Waals surface area contributed by atoms with Crippen molar-refractivity contribution in [1.29, 1.82) is 0 Å². The fraction of sp³-hybridized carbons (Fsp3) is 0.133. The van der Waals surface area contributed by atoms with Gasteiger partial charge in [0, 0.05) is 36.5 Å². The number of nitrogens with two attached hydrogens (primary N) is 1. The molecule has 1 aromatic carbocycles. The molecular weight excluding hydrogens is 238 g/mol. The van der Waals surface area contributed by atoms with E-state index in [0.717, 1.165) is 29.1 Å². The van der Waals surface area contributed by atoms with Crippen LogP contribution >= 0.6 is 0 Å². The zero-order valence-corrected chi connectivity index (χ0v) is 10.7. The Balaban J connectivity index is 2.11. The Bertz CT molecular complexity index is 670. The maximum Gasteiger partial charge on any atom is 0.248 e. The van der Waals surface area contributed by atoms with E-state index in [1.54, 1.807) is 6.07 Å². The Morgan fingerprint density at radius 3 is 3.05 bits per heavy atom. The number of amides is 1. The minimum absolute atomic E-state index is 0.404. The second-order valence-electron chi connectivity index (χ2n) is 4.69. The molecule has 0 radical (unpaired) electrons. The lowest BCUT2D eigenvalue weighted by molar-refractivity contribution is 0.100. The zero-order valence-electron chi connectivity index (χ0n) is 10.7. The lowest BCUT2D eigenvalue weighted by Crippen LogP contribution is -2.20. The summed E-state index contributed by atoms with van der Waals surface area (Å²) in [5.41, 5.74) is 9.08. The van der Waals surface area contributed by atoms with Gasteiger partial charge < -0.3 is 15.6 Å². The molecule has 0 fully saturated rings. The molecule has 19 heavy (non-hydrogen) atoms. The molecule has 0 aliphatic carbocycles. The maximum atomic E-state index is 11.3. The lowest BCUT2D eigenvalue weighted by atomic mass is 10.0. The van der Waals surface area contributed by atoms with Crippen LogP contribution in [0, 0.1) is 0 Å². The van der Waals surface area contributed by atoms with Crippen LogP contribution in [-0.2, 0) is 0 Å². The zero-order chi connectivity index (χ0) is 13.4. The van der Waals surface area contributed by atoms with Crippen molar-refractivity contribution >= 4 is 17.8 Å². The first-order valence-corrected chi connectivity index (χ1v) is 6.16. The molecule has 0 spiro atoms. The monoisotopic (exact) mass is 253 g/mol. The summed E-state index contributed by atoms with van der Waals surface area (Å²) >= 11 is 0. The van der Waals surface area contributed by atoms with Crippen LogP contribution in [0.25, 0.3) is 17.2 Å². The highest BCUT2D eigenvalue weighted by Crippen LogP contribution is 2.34. The van der Waals surface area contributed by atoms with Crippen molar-refractivity contribution in [2.75, 3.05) is 18.5 Å². The Kier molecular flexibility index (Phi) is 2.63. The first kappa shape index (κ1) is 11.6. The van der Waals surface area contributed by atoms with Crippen LogP contribution in [0.1, 0.15) is 15.9 Å². The number of anilines is 1. The van der Waals surface area contributed by atoms with Gasteiger partial charge in [-0.3, -0.25) is 4.79 Å². The first-order chi connectivity index (χ1) is 9.16. The van der Waals surface area contributed by atoms with E-state index in [-0.39, 0.29) is 0 Å². The highest BCUT2D eigenvalue weighted by atomic mass is 16.1. The number of aromatic amines is 1. The smallest absolute Gasteiger partial charge is 0.248 e. The van der Waals surface area contributed by atoms with E-state index < -0.39 is 5.91 Å². The number of carbonyl (C=O) groups is 1. The van der Waals surface area contributed by atoms with Gasteiger partial charge >= 0.3 is 0 Å². The molecule has 2 aromatic rings. The van der Waals surface area contributed by atoms with Gasteiger partial charge in [-0.25, -0.2) is 0 Å². The molecule has 1 amide bonds. The van der Waals surface area contributed by atoms with Gasteiger partial charge in [-0.15, -0.1) is 0 Å². The molecule has 0 saturated carbocycles. The van der Waals surface area contributed by atoms with Crippen LogP contribution in [0.2, 0.25) is 0 Å². The number of nitrogens with zero attached hydrogens (tertiary/aromatic N) is 1. The van der Waals surface area contributed by atoms with Crippen LogP contribution in [0.15, 0.2) is 36.5 Å². The average molecular weight is 253 g/mol. The van der Waals surface area contributed by atoms with Gasteiger partial charge in [-0.2, -0.15) is 0 Å². The molecule has 1 aromatic heterocycles. The van der Waals surface area contributed by atoms with Crippen molar-refractivity contribution in [1.82, 2.24) is 4.98 Å². The van der Waals surface area contributed by atoms with E-state index in [2.05, 4.69) is 22.0 Å². The van der Waals surface area contributed by atoms with Crippen molar-refractivity contribution in [3.8, 4) is 11.1 Å². The second kappa shape index (κ2) is 4.31. The molecule has 1 aliphatic rings. The minimum atomic E-state index is -0.404. The topological polar surface area (TPSA) is 62.1 Å². The van der Waals surface area contributed by atoms with Crippen LogP contribution in [0.4, 0.5) is 5.82 Å². The predicted octanol–water partition coefficient (Wildman–Crippen LogP) is 2.24. The summed E-state index contributed by atoms with van der Waals surface area (Å²) in [4.78, 5) is 16.7. The largest absolute Gasteiger partial charge is 0.366 e. The summed E-state index contributed by atoms with van der Waals surface area (Å²) in [7, 11) is 2.04. The van der Waals surface area contributed by atoms with E-state index in [4.69, 9.17) is 5.73 Å². The molecular formula is C15H15N3O. The average Bonchev–Trinajstić information content (AvgIpc) is 2.84. The summed E-state index contributed by atoms with van der Waals surface area (Å²) in [6.07, 6.45) is 6.20. The van der Waals surface area contributed by atoms with Gasteiger partial charge in [-0.1, -0.05) is 24.3 Å². The van der Waals surface area contributed by atoms with Gasteiger partial charge in [0.05, 0.1) is 0 Å². The molecule has 1 aliphatic heterocycles. The molecule has 96 valence electrons. The number of primary amides is 1. The van der Waals surface area contributed by atoms with Crippen LogP contribution in [0.3, 0.4) is 0 Å². The number of rotatable bonds is 2. The lowest BCUT2D eigenvalue weighted by Gasteiger charge is -2.20. The van der Waals surface area contributed by atoms with E-state index in [0.29, 0.717) is 5.56 Å². The summed E-state index contributed by atoms with van der Waals surface area (Å²) < 4.78 is 0. The Morgan fingerprint density at radius 1 is 1.42 bits per heavy atom. The molecule has 0 unspecified atom stereocenters. The summed E-state index contributed by atoms with van der Waals surface area (Å²) in [5.74, 6) is 0.695. The molecule has 4 nitrogen and oxygen atoms in total. The predicted molar refractivity (Wildman–Crippen MR) is 77.1 cm³/mol. The van der Waals surface area contributed by atoms with Gasteiger partial charge in [0.1, 0.15) is 5.82 Å². The molecule has 3 N–H and O–H groups in total.